The summed E-state index contributed by atoms with van der Waals surface area (Å²) in [7, 11) is 1.48. The van der Waals surface area contributed by atoms with Gasteiger partial charge in [0.15, 0.2) is 5.75 Å². The summed E-state index contributed by atoms with van der Waals surface area (Å²) < 4.78 is 19.8. The second-order valence-corrected chi connectivity index (χ2v) is 5.55. The first kappa shape index (κ1) is 18.5. The predicted octanol–water partition coefficient (Wildman–Crippen LogP) is 2.71. The molecule has 2 rings (SSSR count). The molecule has 0 saturated heterocycles. The smallest absolute Gasteiger partial charge is 0.271 e. The van der Waals surface area contributed by atoms with Crippen LogP contribution in [0.25, 0.3) is 0 Å². The van der Waals surface area contributed by atoms with E-state index in [0.29, 0.717) is 17.7 Å². The second-order valence-electron chi connectivity index (χ2n) is 5.55. The van der Waals surface area contributed by atoms with Gasteiger partial charge < -0.3 is 20.4 Å². The first-order chi connectivity index (χ1) is 11.9. The molecule has 0 saturated carbocycles. The van der Waals surface area contributed by atoms with Crippen LogP contribution in [0.15, 0.2) is 24.3 Å². The Morgan fingerprint density at radius 3 is 2.52 bits per heavy atom. The number of aromatic nitrogens is 1. The molecule has 134 valence electrons. The number of aromatic amines is 1. The van der Waals surface area contributed by atoms with Crippen molar-refractivity contribution in [2.24, 2.45) is 0 Å². The lowest BCUT2D eigenvalue weighted by molar-refractivity contribution is 0.0950. The number of carbonyl (C=O) groups excluding carboxylic acids is 2. The van der Waals surface area contributed by atoms with E-state index in [0.717, 1.165) is 0 Å². The van der Waals surface area contributed by atoms with Gasteiger partial charge in [-0.05, 0) is 26.8 Å². The van der Waals surface area contributed by atoms with Gasteiger partial charge in [0.1, 0.15) is 23.3 Å². The molecular formula is C18H22FN3O3. The van der Waals surface area contributed by atoms with Crippen molar-refractivity contribution in [1.29, 1.82) is 0 Å². The number of ether oxygens (including phenoxy) is 1. The molecule has 1 aromatic heterocycles. The summed E-state index contributed by atoms with van der Waals surface area (Å²) in [5, 5.41) is 5.18. The lowest BCUT2D eigenvalue weighted by Crippen LogP contribution is -2.24. The Kier molecular flexibility index (Phi) is 5.80. The number of amides is 2. The van der Waals surface area contributed by atoms with E-state index >= 15 is 0 Å². The molecule has 25 heavy (non-hydrogen) atoms. The van der Waals surface area contributed by atoms with Crippen LogP contribution in [-0.2, 0) is 0 Å². The zero-order chi connectivity index (χ0) is 18.6. The Morgan fingerprint density at radius 2 is 1.92 bits per heavy atom. The number of hydrogen-bond acceptors (Lipinski definition) is 3. The first-order valence-corrected chi connectivity index (χ1v) is 8.04. The highest BCUT2D eigenvalue weighted by Gasteiger charge is 2.26. The van der Waals surface area contributed by atoms with Crippen LogP contribution < -0.4 is 15.4 Å². The van der Waals surface area contributed by atoms with Gasteiger partial charge in [0.2, 0.25) is 0 Å². The fourth-order valence-corrected chi connectivity index (χ4v) is 2.53. The Balaban J connectivity index is 2.43. The van der Waals surface area contributed by atoms with Gasteiger partial charge in [0, 0.05) is 24.7 Å². The SMILES string of the molecule is CCNC(=O)c1[nH]c(C(=O)NC)c(O[C@H](C)c2ccccc2F)c1C. The van der Waals surface area contributed by atoms with E-state index in [2.05, 4.69) is 15.6 Å². The van der Waals surface area contributed by atoms with Crippen LogP contribution in [0.5, 0.6) is 5.75 Å². The number of benzene rings is 1. The molecule has 0 aliphatic heterocycles. The molecule has 1 heterocycles. The summed E-state index contributed by atoms with van der Waals surface area (Å²) in [6.07, 6.45) is -0.638. The van der Waals surface area contributed by atoms with E-state index in [1.165, 1.54) is 13.1 Å². The second kappa shape index (κ2) is 7.83. The van der Waals surface area contributed by atoms with Gasteiger partial charge in [0.05, 0.1) is 0 Å². The van der Waals surface area contributed by atoms with Crippen molar-refractivity contribution in [3.05, 3.63) is 52.6 Å². The van der Waals surface area contributed by atoms with E-state index in [4.69, 9.17) is 4.74 Å². The highest BCUT2D eigenvalue weighted by Crippen LogP contribution is 2.32. The molecule has 1 aromatic carbocycles. The molecule has 1 atom stereocenters. The highest BCUT2D eigenvalue weighted by atomic mass is 19.1. The van der Waals surface area contributed by atoms with Gasteiger partial charge in [-0.15, -0.1) is 0 Å². The molecule has 0 aliphatic rings. The zero-order valence-electron chi connectivity index (χ0n) is 14.7. The molecule has 0 bridgehead atoms. The minimum absolute atomic E-state index is 0.129. The molecule has 2 aromatic rings. The summed E-state index contributed by atoms with van der Waals surface area (Å²) in [4.78, 5) is 27.1. The molecule has 0 spiro atoms. The number of rotatable bonds is 6. The van der Waals surface area contributed by atoms with Crippen molar-refractivity contribution >= 4 is 11.8 Å². The molecule has 0 fully saturated rings. The fourth-order valence-electron chi connectivity index (χ4n) is 2.53. The minimum Gasteiger partial charge on any atom is -0.483 e. The Morgan fingerprint density at radius 1 is 1.24 bits per heavy atom. The summed E-state index contributed by atoms with van der Waals surface area (Å²) in [6, 6.07) is 6.27. The molecule has 0 radical (unpaired) electrons. The molecule has 6 nitrogen and oxygen atoms in total. The quantitative estimate of drug-likeness (QED) is 0.751. The van der Waals surface area contributed by atoms with Gasteiger partial charge in [-0.25, -0.2) is 4.39 Å². The van der Waals surface area contributed by atoms with Crippen molar-refractivity contribution in [2.75, 3.05) is 13.6 Å². The van der Waals surface area contributed by atoms with Gasteiger partial charge >= 0.3 is 0 Å². The minimum atomic E-state index is -0.638. The maximum absolute atomic E-state index is 14.0. The summed E-state index contributed by atoms with van der Waals surface area (Å²) >= 11 is 0. The standard InChI is InChI=1S/C18H22FN3O3/c1-5-21-18(24)14-10(2)16(15(22-14)17(23)20-4)25-11(3)12-8-6-7-9-13(12)19/h6-9,11,22H,5H2,1-4H3,(H,20,23)(H,21,24)/t11-/m1/s1. The maximum Gasteiger partial charge on any atom is 0.271 e. The van der Waals surface area contributed by atoms with Gasteiger partial charge in [-0.3, -0.25) is 9.59 Å². The number of carbonyl (C=O) groups is 2. The zero-order valence-corrected chi connectivity index (χ0v) is 14.7. The van der Waals surface area contributed by atoms with Crippen molar-refractivity contribution in [3.8, 4) is 5.75 Å². The van der Waals surface area contributed by atoms with E-state index < -0.39 is 17.8 Å². The lowest BCUT2D eigenvalue weighted by Gasteiger charge is -2.16. The van der Waals surface area contributed by atoms with Gasteiger partial charge in [-0.1, -0.05) is 18.2 Å². The molecule has 7 heteroatoms. The maximum atomic E-state index is 14.0. The average molecular weight is 347 g/mol. The largest absolute Gasteiger partial charge is 0.483 e. The monoisotopic (exact) mass is 347 g/mol. The van der Waals surface area contributed by atoms with Crippen LogP contribution in [0.3, 0.4) is 0 Å². The van der Waals surface area contributed by atoms with Gasteiger partial charge in [-0.2, -0.15) is 0 Å². The van der Waals surface area contributed by atoms with E-state index in [1.54, 1.807) is 39.0 Å². The normalized spacial score (nSPS) is 11.7. The van der Waals surface area contributed by atoms with E-state index in [9.17, 15) is 14.0 Å². The summed E-state index contributed by atoms with van der Waals surface area (Å²) in [5.74, 6) is -0.919. The van der Waals surface area contributed by atoms with Crippen LogP contribution in [-0.4, -0.2) is 30.4 Å². The molecular weight excluding hydrogens is 325 g/mol. The van der Waals surface area contributed by atoms with Crippen LogP contribution in [0, 0.1) is 12.7 Å². The first-order valence-electron chi connectivity index (χ1n) is 8.04. The van der Waals surface area contributed by atoms with Crippen LogP contribution in [0.2, 0.25) is 0 Å². The molecule has 0 unspecified atom stereocenters. The molecule has 0 aliphatic carbocycles. The van der Waals surface area contributed by atoms with Crippen LogP contribution in [0.1, 0.15) is 52.1 Å². The van der Waals surface area contributed by atoms with Gasteiger partial charge in [0.25, 0.3) is 11.8 Å². The number of halogens is 1. The number of nitrogens with one attached hydrogen (secondary N) is 3. The van der Waals surface area contributed by atoms with Crippen LogP contribution in [0.4, 0.5) is 4.39 Å². The topological polar surface area (TPSA) is 83.2 Å². The van der Waals surface area contributed by atoms with E-state index in [-0.39, 0.29) is 23.0 Å². The third-order valence-electron chi connectivity index (χ3n) is 3.85. The number of hydrogen-bond donors (Lipinski definition) is 3. The summed E-state index contributed by atoms with van der Waals surface area (Å²) in [5.41, 5.74) is 1.24. The van der Waals surface area contributed by atoms with E-state index in [1.807, 2.05) is 0 Å². The molecule has 3 N–H and O–H groups in total. The third-order valence-corrected chi connectivity index (χ3v) is 3.85. The van der Waals surface area contributed by atoms with Crippen molar-refractivity contribution in [2.45, 2.75) is 26.9 Å². The average Bonchev–Trinajstić information content (AvgIpc) is 2.91. The molecule has 2 amide bonds. The Hall–Kier alpha value is -2.83. The van der Waals surface area contributed by atoms with Crippen molar-refractivity contribution < 1.29 is 18.7 Å². The predicted molar refractivity (Wildman–Crippen MR) is 92.4 cm³/mol. The Labute approximate surface area is 145 Å². The third kappa shape index (κ3) is 3.81. The van der Waals surface area contributed by atoms with Crippen molar-refractivity contribution in [1.82, 2.24) is 15.6 Å². The van der Waals surface area contributed by atoms with Crippen LogP contribution >= 0.6 is 0 Å². The lowest BCUT2D eigenvalue weighted by atomic mass is 10.1. The van der Waals surface area contributed by atoms with Crippen molar-refractivity contribution in [3.63, 3.8) is 0 Å². The Bertz CT molecular complexity index is 786. The number of H-pyrrole nitrogens is 1. The fraction of sp³-hybridized carbons (Fsp3) is 0.333. The highest BCUT2D eigenvalue weighted by molar-refractivity contribution is 6.01. The summed E-state index contributed by atoms with van der Waals surface area (Å²) in [6.45, 7) is 5.61.